The lowest BCUT2D eigenvalue weighted by molar-refractivity contribution is 0.522. The van der Waals surface area contributed by atoms with Gasteiger partial charge in [0.2, 0.25) is 0 Å². The molecule has 0 aliphatic carbocycles. The molecule has 0 atom stereocenters. The van der Waals surface area contributed by atoms with E-state index in [9.17, 15) is 0 Å². The third-order valence-corrected chi connectivity index (χ3v) is 5.77. The second kappa shape index (κ2) is 25.0. The molecular weight excluding hydrogens is 312 g/mol. The average molecular weight is 366 g/mol. The molecule has 0 fully saturated rings. The van der Waals surface area contributed by atoms with Crippen molar-refractivity contribution in [3.8, 4) is 0 Å². The molecule has 0 saturated heterocycles. The van der Waals surface area contributed by atoms with Gasteiger partial charge in [0.25, 0.3) is 0 Å². The van der Waals surface area contributed by atoms with Crippen molar-refractivity contribution in [2.24, 2.45) is 0 Å². The molecule has 1 radical (unpaired) electrons. The molecule has 26 heavy (non-hydrogen) atoms. The largest absolute Gasteiger partial charge is 0.0654 e. The van der Waals surface area contributed by atoms with E-state index in [1.807, 2.05) is 0 Å². The molecule has 0 nitrogen and oxygen atoms in total. The van der Waals surface area contributed by atoms with Gasteiger partial charge in [-0.25, -0.2) is 0 Å². The van der Waals surface area contributed by atoms with Gasteiger partial charge in [-0.05, 0) is 6.42 Å². The van der Waals surface area contributed by atoms with Crippen LogP contribution in [0.1, 0.15) is 162 Å². The lowest BCUT2D eigenvalue weighted by atomic mass is 10.0. The monoisotopic (exact) mass is 365 g/mol. The van der Waals surface area contributed by atoms with Crippen LogP contribution in [0, 0.1) is 6.42 Å². The molecule has 0 saturated carbocycles. The van der Waals surface area contributed by atoms with E-state index in [-0.39, 0.29) is 0 Å². The average Bonchev–Trinajstić information content (AvgIpc) is 2.66. The predicted octanol–water partition coefficient (Wildman–Crippen LogP) is 10.2. The van der Waals surface area contributed by atoms with Gasteiger partial charge in [-0.15, -0.1) is 0 Å². The molecule has 0 aromatic carbocycles. The van der Waals surface area contributed by atoms with Crippen molar-refractivity contribution in [1.82, 2.24) is 0 Å². The van der Waals surface area contributed by atoms with Crippen molar-refractivity contribution in [2.75, 3.05) is 0 Å². The van der Waals surface area contributed by atoms with Gasteiger partial charge in [-0.3, -0.25) is 0 Å². The standard InChI is InChI=1S/C26H53/c1-3-5-7-9-11-13-15-17-19-21-23-25-26-24-22-20-18-16-14-12-10-8-6-4-2/h9H,3-8,10-26H2,1-2H3. The van der Waals surface area contributed by atoms with Gasteiger partial charge in [-0.1, -0.05) is 162 Å². The molecule has 0 aromatic rings. The number of hydrogen-bond acceptors (Lipinski definition) is 0. The summed E-state index contributed by atoms with van der Waals surface area (Å²) in [5.41, 5.74) is 0. The molecular formula is C26H53. The van der Waals surface area contributed by atoms with Crippen molar-refractivity contribution in [3.63, 3.8) is 0 Å². The molecule has 0 aliphatic heterocycles. The molecule has 0 spiro atoms. The number of unbranched alkanes of at least 4 members (excludes halogenated alkanes) is 23. The Morgan fingerprint density at radius 1 is 0.308 bits per heavy atom. The fourth-order valence-corrected chi connectivity index (χ4v) is 3.86. The van der Waals surface area contributed by atoms with Crippen LogP contribution in [0.15, 0.2) is 0 Å². The fraction of sp³-hybridized carbons (Fsp3) is 0.962. The van der Waals surface area contributed by atoms with Crippen molar-refractivity contribution in [3.05, 3.63) is 6.42 Å². The lowest BCUT2D eigenvalue weighted by Gasteiger charge is -2.04. The van der Waals surface area contributed by atoms with Crippen LogP contribution in [-0.4, -0.2) is 0 Å². The minimum Gasteiger partial charge on any atom is -0.0654 e. The van der Waals surface area contributed by atoms with E-state index >= 15 is 0 Å². The van der Waals surface area contributed by atoms with E-state index in [2.05, 4.69) is 20.3 Å². The molecule has 0 heteroatoms. The van der Waals surface area contributed by atoms with E-state index in [4.69, 9.17) is 0 Å². The second-order valence-electron chi connectivity index (χ2n) is 8.58. The highest BCUT2D eigenvalue weighted by atomic mass is 14.0. The molecule has 0 aromatic heterocycles. The van der Waals surface area contributed by atoms with Crippen LogP contribution in [0.2, 0.25) is 0 Å². The molecule has 0 heterocycles. The van der Waals surface area contributed by atoms with Crippen LogP contribution in [0.25, 0.3) is 0 Å². The van der Waals surface area contributed by atoms with Crippen molar-refractivity contribution in [1.29, 1.82) is 0 Å². The quantitative estimate of drug-likeness (QED) is 0.158. The van der Waals surface area contributed by atoms with Crippen LogP contribution in [-0.2, 0) is 0 Å². The Morgan fingerprint density at radius 2 is 0.577 bits per heavy atom. The lowest BCUT2D eigenvalue weighted by Crippen LogP contribution is -1.84. The maximum Gasteiger partial charge on any atom is -0.0386 e. The van der Waals surface area contributed by atoms with Crippen LogP contribution >= 0.6 is 0 Å². The Labute approximate surface area is 168 Å². The number of rotatable bonds is 23. The van der Waals surface area contributed by atoms with Crippen LogP contribution in [0.5, 0.6) is 0 Å². The highest BCUT2D eigenvalue weighted by Gasteiger charge is 1.95. The normalized spacial score (nSPS) is 11.3. The first-order chi connectivity index (χ1) is 12.9. The highest BCUT2D eigenvalue weighted by Crippen LogP contribution is 2.15. The summed E-state index contributed by atoms with van der Waals surface area (Å²) in [6, 6.07) is 0. The van der Waals surface area contributed by atoms with E-state index < -0.39 is 0 Å². The maximum atomic E-state index is 2.51. The summed E-state index contributed by atoms with van der Waals surface area (Å²) in [6.45, 7) is 4.58. The molecule has 157 valence electrons. The van der Waals surface area contributed by atoms with E-state index in [1.54, 1.807) is 0 Å². The van der Waals surface area contributed by atoms with Gasteiger partial charge >= 0.3 is 0 Å². The summed E-state index contributed by atoms with van der Waals surface area (Å²) in [5, 5.41) is 0. The minimum absolute atomic E-state index is 1.34. The van der Waals surface area contributed by atoms with Crippen molar-refractivity contribution >= 4 is 0 Å². The van der Waals surface area contributed by atoms with Gasteiger partial charge in [0.05, 0.1) is 0 Å². The third-order valence-electron chi connectivity index (χ3n) is 5.77. The van der Waals surface area contributed by atoms with Gasteiger partial charge in [0, 0.05) is 0 Å². The van der Waals surface area contributed by atoms with Crippen LogP contribution < -0.4 is 0 Å². The molecule has 0 aliphatic rings. The Bertz CT molecular complexity index is 196. The summed E-state index contributed by atoms with van der Waals surface area (Å²) in [6.07, 6.45) is 35.9. The Hall–Kier alpha value is 0. The van der Waals surface area contributed by atoms with E-state index in [0.29, 0.717) is 0 Å². The Morgan fingerprint density at radius 3 is 0.923 bits per heavy atom. The van der Waals surface area contributed by atoms with E-state index in [0.717, 1.165) is 0 Å². The first kappa shape index (κ1) is 26.0. The zero-order valence-electron chi connectivity index (χ0n) is 18.8. The summed E-state index contributed by atoms with van der Waals surface area (Å²) in [4.78, 5) is 0. The van der Waals surface area contributed by atoms with Gasteiger partial charge in [-0.2, -0.15) is 0 Å². The second-order valence-corrected chi connectivity index (χ2v) is 8.58. The summed E-state index contributed by atoms with van der Waals surface area (Å²) < 4.78 is 0. The summed E-state index contributed by atoms with van der Waals surface area (Å²) in [7, 11) is 0. The fourth-order valence-electron chi connectivity index (χ4n) is 3.86. The topological polar surface area (TPSA) is 0 Å². The van der Waals surface area contributed by atoms with Crippen molar-refractivity contribution < 1.29 is 0 Å². The Balaban J connectivity index is 2.95. The predicted molar refractivity (Wildman–Crippen MR) is 122 cm³/mol. The first-order valence-electron chi connectivity index (χ1n) is 12.7. The molecule has 0 rings (SSSR count). The Kier molecular flexibility index (Phi) is 25.0. The zero-order chi connectivity index (χ0) is 19.0. The van der Waals surface area contributed by atoms with Crippen molar-refractivity contribution in [2.45, 2.75) is 162 Å². The highest BCUT2D eigenvalue weighted by molar-refractivity contribution is 4.63. The summed E-state index contributed by atoms with van der Waals surface area (Å²) in [5.74, 6) is 0. The first-order valence-corrected chi connectivity index (χ1v) is 12.7. The van der Waals surface area contributed by atoms with Crippen LogP contribution in [0.3, 0.4) is 0 Å². The minimum atomic E-state index is 1.34. The van der Waals surface area contributed by atoms with Gasteiger partial charge in [0.15, 0.2) is 0 Å². The maximum absolute atomic E-state index is 2.51. The van der Waals surface area contributed by atoms with Crippen LogP contribution in [0.4, 0.5) is 0 Å². The number of hydrogen-bond donors (Lipinski definition) is 0. The van der Waals surface area contributed by atoms with E-state index in [1.165, 1.54) is 148 Å². The van der Waals surface area contributed by atoms with Gasteiger partial charge < -0.3 is 0 Å². The SMILES string of the molecule is CCCC[CH]CCCCCCCCCCCCCCCCCCCCC. The molecule has 0 N–H and O–H groups in total. The molecule has 0 amide bonds. The molecule has 0 bridgehead atoms. The smallest absolute Gasteiger partial charge is 0.0386 e. The summed E-state index contributed by atoms with van der Waals surface area (Å²) >= 11 is 0. The molecule has 0 unspecified atom stereocenters. The van der Waals surface area contributed by atoms with Gasteiger partial charge in [0.1, 0.15) is 0 Å². The zero-order valence-corrected chi connectivity index (χ0v) is 18.8. The third kappa shape index (κ3) is 24.0.